The number of nitrogens with zero attached hydrogens (tertiary/aromatic N) is 1. The monoisotopic (exact) mass is 541 g/mol. The second-order valence-electron chi connectivity index (χ2n) is 12.4. The number of benzene rings is 1. The Kier molecular flexibility index (Phi) is 7.16. The molecule has 1 amide bonds. The Labute approximate surface area is 226 Å². The number of hydrogen-bond acceptors (Lipinski definition) is 10. The second kappa shape index (κ2) is 9.72. The number of phenols is 1. The summed E-state index contributed by atoms with van der Waals surface area (Å²) in [4.78, 5) is 80.6. The molecule has 3 aliphatic carbocycles. The van der Waals surface area contributed by atoms with Crippen LogP contribution in [0.4, 0.5) is 0 Å². The number of amides is 1. The zero-order valence-electron chi connectivity index (χ0n) is 22.7. The van der Waals surface area contributed by atoms with E-state index in [-0.39, 0.29) is 41.7 Å². The number of hydrogen-bond donors (Lipinski definition) is 4. The second-order valence-corrected chi connectivity index (χ2v) is 12.4. The average Bonchev–Trinajstić information content (AvgIpc) is 2.80. The first kappa shape index (κ1) is 28.7. The fourth-order valence-electron chi connectivity index (χ4n) is 6.51. The Morgan fingerprint density at radius 3 is 2.33 bits per heavy atom. The molecule has 0 aliphatic heterocycles. The van der Waals surface area contributed by atoms with Crippen molar-refractivity contribution in [3.05, 3.63) is 28.8 Å². The number of carbonyl (C=O) groups excluding carboxylic acids is 6. The van der Waals surface area contributed by atoms with Crippen molar-refractivity contribution in [2.24, 2.45) is 34.8 Å². The van der Waals surface area contributed by atoms with Crippen LogP contribution >= 0.6 is 0 Å². The molecule has 3 aliphatic rings. The average molecular weight is 542 g/mol. The van der Waals surface area contributed by atoms with Crippen molar-refractivity contribution in [3.63, 3.8) is 0 Å². The van der Waals surface area contributed by atoms with Crippen LogP contribution in [0.3, 0.4) is 0 Å². The van der Waals surface area contributed by atoms with Gasteiger partial charge in [0, 0.05) is 18.0 Å². The molecule has 1 aromatic rings. The Hall–Kier alpha value is -3.28. The van der Waals surface area contributed by atoms with E-state index in [2.05, 4.69) is 5.32 Å². The lowest BCUT2D eigenvalue weighted by Crippen LogP contribution is -2.74. The number of nitrogens with one attached hydrogen (secondary N) is 1. The minimum Gasteiger partial charge on any atom is -0.507 e. The van der Waals surface area contributed by atoms with E-state index in [4.69, 9.17) is 5.73 Å². The molecule has 11 nitrogen and oxygen atoms in total. The van der Waals surface area contributed by atoms with Gasteiger partial charge in [0.05, 0.1) is 24.1 Å². The third-order valence-corrected chi connectivity index (χ3v) is 8.19. The molecule has 5 N–H and O–H groups in total. The van der Waals surface area contributed by atoms with Crippen molar-refractivity contribution in [2.45, 2.75) is 45.3 Å². The first-order chi connectivity index (χ1) is 18.0. The molecule has 0 aromatic heterocycles. The van der Waals surface area contributed by atoms with Gasteiger partial charge in [0.15, 0.2) is 40.4 Å². The number of carbonyl (C=O) groups is 6. The largest absolute Gasteiger partial charge is 0.507 e. The van der Waals surface area contributed by atoms with Crippen LogP contribution in [0.15, 0.2) is 12.1 Å². The summed E-state index contributed by atoms with van der Waals surface area (Å²) in [5.74, 6) is -11.5. The zero-order valence-corrected chi connectivity index (χ0v) is 22.7. The van der Waals surface area contributed by atoms with Gasteiger partial charge in [-0.25, -0.2) is 0 Å². The molecular weight excluding hydrogens is 506 g/mol. The first-order valence-corrected chi connectivity index (χ1v) is 13.0. The molecule has 0 saturated heterocycles. The maximum atomic E-state index is 13.8. The summed E-state index contributed by atoms with van der Waals surface area (Å²) in [6.45, 7) is 6.61. The van der Waals surface area contributed by atoms with Gasteiger partial charge in [0.1, 0.15) is 5.75 Å². The molecule has 4 rings (SSSR count). The number of Topliss-reactive ketones (excluding diaryl/α,β-unsaturated/α-hetero) is 5. The van der Waals surface area contributed by atoms with Crippen molar-refractivity contribution < 1.29 is 39.0 Å². The molecule has 210 valence electrons. The lowest BCUT2D eigenvalue weighted by molar-refractivity contribution is -0.181. The molecule has 39 heavy (non-hydrogen) atoms. The summed E-state index contributed by atoms with van der Waals surface area (Å²) in [5.41, 5.74) is 2.82. The highest BCUT2D eigenvalue weighted by molar-refractivity contribution is 6.32. The summed E-state index contributed by atoms with van der Waals surface area (Å²) in [6.07, 6.45) is -0.0317. The van der Waals surface area contributed by atoms with E-state index in [1.807, 2.05) is 20.8 Å². The molecule has 0 radical (unpaired) electrons. The Balaban J connectivity index is 1.77. The fourth-order valence-corrected chi connectivity index (χ4v) is 6.51. The molecule has 2 fully saturated rings. The maximum Gasteiger partial charge on any atom is 0.235 e. The highest BCUT2D eigenvalue weighted by atomic mass is 16.3. The maximum absolute atomic E-state index is 13.8. The highest BCUT2D eigenvalue weighted by Crippen LogP contribution is 2.51. The standard InChI is InChI=1S/C28H35N3O8/c1-27(2,3)11-30-10-17(33)13-6-7-16(32)19-14(13)8-12-9-15-21(31(4)5)23(35)20(26(29)38)25(37)28(15,39)24(36)18(12)22(19)34/h6-7,12,15,18,20-21,30,32,39H,8-11H2,1-5H3,(H2,29,38)/t12-,15-,18?,20?,21-,28-/m0/s1. The number of nitrogens with two attached hydrogens (primary N) is 1. The van der Waals surface area contributed by atoms with Gasteiger partial charge in [-0.15, -0.1) is 0 Å². The number of phenolic OH excluding ortho intramolecular Hbond substituents is 1. The van der Waals surface area contributed by atoms with Crippen molar-refractivity contribution in [1.82, 2.24) is 10.2 Å². The Morgan fingerprint density at radius 2 is 1.77 bits per heavy atom. The van der Waals surface area contributed by atoms with E-state index in [0.29, 0.717) is 12.1 Å². The lowest BCUT2D eigenvalue weighted by Gasteiger charge is -2.52. The molecular formula is C28H35N3O8. The van der Waals surface area contributed by atoms with Gasteiger partial charge >= 0.3 is 0 Å². The van der Waals surface area contributed by atoms with Gasteiger partial charge in [-0.2, -0.15) is 0 Å². The number of likely N-dealkylation sites (N-methyl/N-ethyl adjacent to an activating group) is 1. The van der Waals surface area contributed by atoms with Crippen LogP contribution in [-0.4, -0.2) is 88.8 Å². The summed E-state index contributed by atoms with van der Waals surface area (Å²) >= 11 is 0. The number of aromatic hydroxyl groups is 1. The molecule has 0 spiro atoms. The topological polar surface area (TPSA) is 184 Å². The van der Waals surface area contributed by atoms with E-state index in [9.17, 15) is 39.0 Å². The van der Waals surface area contributed by atoms with E-state index in [1.54, 1.807) is 0 Å². The number of primary amides is 1. The van der Waals surface area contributed by atoms with Crippen molar-refractivity contribution >= 4 is 34.8 Å². The molecule has 6 atom stereocenters. The third-order valence-electron chi connectivity index (χ3n) is 8.19. The van der Waals surface area contributed by atoms with Crippen LogP contribution in [0.5, 0.6) is 5.75 Å². The normalized spacial score (nSPS) is 30.6. The summed E-state index contributed by atoms with van der Waals surface area (Å²) in [7, 11) is 3.04. The predicted octanol–water partition coefficient (Wildman–Crippen LogP) is -0.315. The van der Waals surface area contributed by atoms with E-state index < -0.39 is 70.1 Å². The lowest BCUT2D eigenvalue weighted by atomic mass is 9.52. The van der Waals surface area contributed by atoms with Gasteiger partial charge in [-0.05, 0) is 56.0 Å². The molecule has 1 aromatic carbocycles. The van der Waals surface area contributed by atoms with Crippen LogP contribution in [-0.2, 0) is 25.6 Å². The molecule has 0 heterocycles. The minimum atomic E-state index is -2.78. The molecule has 2 unspecified atom stereocenters. The van der Waals surface area contributed by atoms with E-state index in [1.165, 1.54) is 31.1 Å². The van der Waals surface area contributed by atoms with E-state index in [0.717, 1.165) is 0 Å². The number of aliphatic hydroxyl groups is 1. The van der Waals surface area contributed by atoms with E-state index >= 15 is 0 Å². The van der Waals surface area contributed by atoms with Gasteiger partial charge in [0.2, 0.25) is 5.91 Å². The highest BCUT2D eigenvalue weighted by Gasteiger charge is 2.69. The van der Waals surface area contributed by atoms with Gasteiger partial charge in [-0.1, -0.05) is 20.8 Å². The first-order valence-electron chi connectivity index (χ1n) is 13.0. The minimum absolute atomic E-state index is 0.00170. The summed E-state index contributed by atoms with van der Waals surface area (Å²) < 4.78 is 0. The summed E-state index contributed by atoms with van der Waals surface area (Å²) in [6, 6.07) is 1.48. The zero-order chi connectivity index (χ0) is 29.2. The van der Waals surface area contributed by atoms with Gasteiger partial charge in [0.25, 0.3) is 0 Å². The molecule has 0 bridgehead atoms. The predicted molar refractivity (Wildman–Crippen MR) is 138 cm³/mol. The van der Waals surface area contributed by atoms with Crippen molar-refractivity contribution in [3.8, 4) is 5.75 Å². The SMILES string of the molecule is CN(C)[C@@H]1C(=O)C(C(N)=O)C(=O)[C@@]2(O)C(=O)C3C(=O)c4c(O)ccc(C(=O)CNCC(C)(C)C)c4C[C@H]3C[C@@H]12. The van der Waals surface area contributed by atoms with Gasteiger partial charge in [-0.3, -0.25) is 33.7 Å². The number of ketones is 5. The van der Waals surface area contributed by atoms with Crippen molar-refractivity contribution in [2.75, 3.05) is 27.2 Å². The van der Waals surface area contributed by atoms with Crippen LogP contribution in [0.2, 0.25) is 0 Å². The van der Waals surface area contributed by atoms with Crippen LogP contribution in [0.25, 0.3) is 0 Å². The van der Waals surface area contributed by atoms with Crippen LogP contribution in [0.1, 0.15) is 53.5 Å². The fraction of sp³-hybridized carbons (Fsp3) is 0.571. The summed E-state index contributed by atoms with van der Waals surface area (Å²) in [5, 5.41) is 25.3. The van der Waals surface area contributed by atoms with Crippen LogP contribution < -0.4 is 11.1 Å². The van der Waals surface area contributed by atoms with Crippen molar-refractivity contribution in [1.29, 1.82) is 0 Å². The Morgan fingerprint density at radius 1 is 1.13 bits per heavy atom. The quantitative estimate of drug-likeness (QED) is 0.275. The van der Waals surface area contributed by atoms with Gasteiger partial charge < -0.3 is 21.3 Å². The Bertz CT molecular complexity index is 1300. The molecule has 11 heteroatoms. The van der Waals surface area contributed by atoms with Crippen LogP contribution in [0, 0.1) is 29.1 Å². The third kappa shape index (κ3) is 4.52. The smallest absolute Gasteiger partial charge is 0.235 e. The number of rotatable bonds is 6. The molecule has 2 saturated carbocycles. The number of fused-ring (bicyclic) bond motifs is 3.